The molecule has 2 amide bonds. The second-order valence-electron chi connectivity index (χ2n) is 7.21. The van der Waals surface area contributed by atoms with Crippen LogP contribution in [0, 0.1) is 0 Å². The number of primary amides is 1. The summed E-state index contributed by atoms with van der Waals surface area (Å²) in [6.07, 6.45) is 2.54. The molecule has 5 heteroatoms. The van der Waals surface area contributed by atoms with Gasteiger partial charge in [-0.25, -0.2) is 0 Å². The average molecular weight is 386 g/mol. The van der Waals surface area contributed by atoms with E-state index in [9.17, 15) is 9.59 Å². The number of nitrogens with one attached hydrogen (secondary N) is 1. The molecule has 1 aliphatic carbocycles. The number of ether oxygens (including phenoxy) is 1. The number of carbonyl (C=O) groups excluding carboxylic acids is 2. The van der Waals surface area contributed by atoms with E-state index in [1.165, 1.54) is 11.1 Å². The van der Waals surface area contributed by atoms with Crippen molar-refractivity contribution in [2.24, 2.45) is 5.73 Å². The van der Waals surface area contributed by atoms with Crippen molar-refractivity contribution in [3.05, 3.63) is 89.5 Å². The lowest BCUT2D eigenvalue weighted by Gasteiger charge is -2.12. The highest BCUT2D eigenvalue weighted by Crippen LogP contribution is 2.35. The number of nitrogens with two attached hydrogens (primary N) is 1. The normalized spacial score (nSPS) is 14.8. The first-order chi connectivity index (χ1) is 14.1. The molecule has 0 aromatic heterocycles. The largest absolute Gasteiger partial charge is 0.457 e. The lowest BCUT2D eigenvalue weighted by atomic mass is 9.97. The number of amides is 2. The van der Waals surface area contributed by atoms with Crippen molar-refractivity contribution in [2.75, 3.05) is 5.32 Å². The fraction of sp³-hybridized carbons (Fsp3) is 0.167. The van der Waals surface area contributed by atoms with Gasteiger partial charge in [0.2, 0.25) is 11.8 Å². The molecule has 5 nitrogen and oxygen atoms in total. The Bertz CT molecular complexity index is 1040. The molecule has 0 radical (unpaired) electrons. The summed E-state index contributed by atoms with van der Waals surface area (Å²) < 4.78 is 5.76. The number of hydrogen-bond acceptors (Lipinski definition) is 3. The van der Waals surface area contributed by atoms with Crippen LogP contribution in [0.3, 0.4) is 0 Å². The fourth-order valence-corrected chi connectivity index (χ4v) is 3.75. The van der Waals surface area contributed by atoms with E-state index >= 15 is 0 Å². The van der Waals surface area contributed by atoms with Gasteiger partial charge in [0.05, 0.1) is 0 Å². The van der Waals surface area contributed by atoms with E-state index in [1.54, 1.807) is 48.5 Å². The van der Waals surface area contributed by atoms with Crippen LogP contribution >= 0.6 is 0 Å². The number of fused-ring (bicyclic) bond motifs is 1. The minimum Gasteiger partial charge on any atom is -0.457 e. The van der Waals surface area contributed by atoms with Gasteiger partial charge in [-0.05, 0) is 72.4 Å². The third kappa shape index (κ3) is 4.46. The highest BCUT2D eigenvalue weighted by Gasteiger charge is 2.24. The molecule has 1 aliphatic rings. The minimum absolute atomic E-state index is 0.00882. The van der Waals surface area contributed by atoms with Crippen LogP contribution in [0.1, 0.15) is 40.2 Å². The van der Waals surface area contributed by atoms with Crippen LogP contribution in [0.25, 0.3) is 0 Å². The van der Waals surface area contributed by atoms with Crippen molar-refractivity contribution < 1.29 is 14.3 Å². The molecular weight excluding hydrogens is 364 g/mol. The van der Waals surface area contributed by atoms with Crippen molar-refractivity contribution in [2.45, 2.75) is 25.2 Å². The molecule has 0 saturated carbocycles. The predicted molar refractivity (Wildman–Crippen MR) is 112 cm³/mol. The number of carbonyl (C=O) groups is 2. The highest BCUT2D eigenvalue weighted by molar-refractivity contribution is 5.93. The number of anilines is 1. The summed E-state index contributed by atoms with van der Waals surface area (Å²) in [6, 6.07) is 22.2. The molecule has 0 heterocycles. The summed E-state index contributed by atoms with van der Waals surface area (Å²) >= 11 is 0. The Kier molecular flexibility index (Phi) is 5.29. The summed E-state index contributed by atoms with van der Waals surface area (Å²) in [5, 5.41) is 2.96. The number of benzene rings is 3. The van der Waals surface area contributed by atoms with E-state index in [4.69, 9.17) is 10.5 Å². The summed E-state index contributed by atoms with van der Waals surface area (Å²) in [5.74, 6) is 0.923. The average Bonchev–Trinajstić information content (AvgIpc) is 3.12. The molecule has 0 saturated heterocycles. The van der Waals surface area contributed by atoms with Crippen LogP contribution in [0.5, 0.6) is 11.5 Å². The van der Waals surface area contributed by atoms with Gasteiger partial charge in [0.1, 0.15) is 11.5 Å². The fourth-order valence-electron chi connectivity index (χ4n) is 3.75. The number of aryl methyl sites for hydroxylation is 1. The van der Waals surface area contributed by atoms with E-state index < -0.39 is 5.91 Å². The van der Waals surface area contributed by atoms with Gasteiger partial charge in [-0.3, -0.25) is 9.59 Å². The van der Waals surface area contributed by atoms with Crippen LogP contribution in [-0.4, -0.2) is 11.8 Å². The maximum absolute atomic E-state index is 12.5. The van der Waals surface area contributed by atoms with Crippen LogP contribution in [0.2, 0.25) is 0 Å². The van der Waals surface area contributed by atoms with Gasteiger partial charge in [-0.1, -0.05) is 30.3 Å². The molecular formula is C24H22N2O3. The van der Waals surface area contributed by atoms with Gasteiger partial charge in [0.25, 0.3) is 0 Å². The van der Waals surface area contributed by atoms with Gasteiger partial charge in [0, 0.05) is 17.7 Å². The maximum atomic E-state index is 12.5. The first-order valence-corrected chi connectivity index (χ1v) is 9.64. The zero-order chi connectivity index (χ0) is 20.2. The topological polar surface area (TPSA) is 81.4 Å². The van der Waals surface area contributed by atoms with Gasteiger partial charge < -0.3 is 15.8 Å². The second-order valence-corrected chi connectivity index (χ2v) is 7.21. The summed E-state index contributed by atoms with van der Waals surface area (Å²) in [7, 11) is 0. The van der Waals surface area contributed by atoms with E-state index in [-0.39, 0.29) is 11.8 Å². The molecule has 0 aliphatic heterocycles. The van der Waals surface area contributed by atoms with Crippen LogP contribution in [0.4, 0.5) is 5.69 Å². The van der Waals surface area contributed by atoms with Crippen molar-refractivity contribution >= 4 is 17.5 Å². The number of rotatable bonds is 6. The zero-order valence-electron chi connectivity index (χ0n) is 15.9. The molecule has 1 unspecified atom stereocenters. The van der Waals surface area contributed by atoms with Crippen LogP contribution in [0.15, 0.2) is 72.8 Å². The standard InChI is InChI=1S/C24H22N2O3/c25-24(28)18-5-3-6-21(14-18)29-20-12-10-19(11-13-20)26-23(27)15-17-9-8-16-4-1-2-7-22(16)17/h1-7,10-14,17H,8-9,15H2,(H2,25,28)(H,26,27). The van der Waals surface area contributed by atoms with Gasteiger partial charge in [0.15, 0.2) is 0 Å². The Labute approximate surface area is 169 Å². The SMILES string of the molecule is NC(=O)c1cccc(Oc2ccc(NC(=O)CC3CCc4ccccc43)cc2)c1. The zero-order valence-corrected chi connectivity index (χ0v) is 15.9. The molecule has 146 valence electrons. The molecule has 1 atom stereocenters. The van der Waals surface area contributed by atoms with Gasteiger partial charge in [-0.15, -0.1) is 0 Å². The summed E-state index contributed by atoms with van der Waals surface area (Å²) in [5.41, 5.74) is 9.05. The predicted octanol–water partition coefficient (Wildman–Crippen LogP) is 4.64. The Balaban J connectivity index is 1.35. The van der Waals surface area contributed by atoms with Crippen molar-refractivity contribution in [1.82, 2.24) is 0 Å². The van der Waals surface area contributed by atoms with E-state index in [1.807, 2.05) is 6.07 Å². The van der Waals surface area contributed by atoms with Crippen LogP contribution in [-0.2, 0) is 11.2 Å². The monoisotopic (exact) mass is 386 g/mol. The molecule has 0 spiro atoms. The Morgan fingerprint density at radius 2 is 1.76 bits per heavy atom. The molecule has 3 aromatic rings. The third-order valence-corrected chi connectivity index (χ3v) is 5.18. The highest BCUT2D eigenvalue weighted by atomic mass is 16.5. The third-order valence-electron chi connectivity index (χ3n) is 5.18. The summed E-state index contributed by atoms with van der Waals surface area (Å²) in [6.45, 7) is 0. The van der Waals surface area contributed by atoms with E-state index in [0.717, 1.165) is 18.5 Å². The molecule has 29 heavy (non-hydrogen) atoms. The quantitative estimate of drug-likeness (QED) is 0.648. The molecule has 3 aromatic carbocycles. The van der Waals surface area contributed by atoms with Crippen molar-refractivity contribution in [1.29, 1.82) is 0 Å². The Morgan fingerprint density at radius 3 is 2.55 bits per heavy atom. The molecule has 0 fully saturated rings. The van der Waals surface area contributed by atoms with E-state index in [0.29, 0.717) is 23.5 Å². The Morgan fingerprint density at radius 1 is 0.966 bits per heavy atom. The molecule has 4 rings (SSSR count). The first-order valence-electron chi connectivity index (χ1n) is 9.64. The minimum atomic E-state index is -0.501. The van der Waals surface area contributed by atoms with Gasteiger partial charge >= 0.3 is 0 Å². The molecule has 0 bridgehead atoms. The van der Waals surface area contributed by atoms with Crippen molar-refractivity contribution in [3.8, 4) is 11.5 Å². The lowest BCUT2D eigenvalue weighted by molar-refractivity contribution is -0.116. The maximum Gasteiger partial charge on any atom is 0.248 e. The lowest BCUT2D eigenvalue weighted by Crippen LogP contribution is -2.14. The molecule has 3 N–H and O–H groups in total. The number of hydrogen-bond donors (Lipinski definition) is 2. The first kappa shape index (κ1) is 18.7. The Hall–Kier alpha value is -3.60. The van der Waals surface area contributed by atoms with Crippen molar-refractivity contribution in [3.63, 3.8) is 0 Å². The van der Waals surface area contributed by atoms with E-state index in [2.05, 4.69) is 23.5 Å². The second kappa shape index (κ2) is 8.19. The van der Waals surface area contributed by atoms with Crippen LogP contribution < -0.4 is 15.8 Å². The summed E-state index contributed by atoms with van der Waals surface area (Å²) in [4.78, 5) is 23.7. The van der Waals surface area contributed by atoms with Gasteiger partial charge in [-0.2, -0.15) is 0 Å². The smallest absolute Gasteiger partial charge is 0.248 e.